The number of ether oxygens (including phenoxy) is 1. The molecule has 2 aromatic heterocycles. The quantitative estimate of drug-likeness (QED) is 0.708. The van der Waals surface area contributed by atoms with Crippen molar-refractivity contribution in [2.45, 2.75) is 13.3 Å². The van der Waals surface area contributed by atoms with Crippen LogP contribution in [0.2, 0.25) is 0 Å². The van der Waals surface area contributed by atoms with Crippen molar-refractivity contribution in [3.8, 4) is 5.75 Å². The Hall–Kier alpha value is -3.42. The Kier molecular flexibility index (Phi) is 5.30. The van der Waals surface area contributed by atoms with Crippen LogP contribution in [-0.2, 0) is 20.5 Å². The summed E-state index contributed by atoms with van der Waals surface area (Å²) in [4.78, 5) is 41.9. The second-order valence-electron chi connectivity index (χ2n) is 6.53. The Bertz CT molecular complexity index is 1180. The molecule has 1 amide bonds. The number of fused-ring (bicyclic) bond motifs is 1. The highest BCUT2D eigenvalue weighted by Gasteiger charge is 2.19. The molecule has 0 unspecified atom stereocenters. The molecule has 0 radical (unpaired) electrons. The molecular formula is C20H22N4O4. The number of aromatic nitrogens is 3. The van der Waals surface area contributed by atoms with Crippen LogP contribution in [0.3, 0.4) is 0 Å². The van der Waals surface area contributed by atoms with Crippen molar-refractivity contribution in [1.29, 1.82) is 0 Å². The number of carbonyl (C=O) groups is 1. The second kappa shape index (κ2) is 7.67. The number of nitrogens with zero attached hydrogens (tertiary/aromatic N) is 3. The fourth-order valence-corrected chi connectivity index (χ4v) is 3.17. The van der Waals surface area contributed by atoms with E-state index in [0.29, 0.717) is 18.7 Å². The molecule has 2 heterocycles. The molecule has 1 N–H and O–H groups in total. The van der Waals surface area contributed by atoms with Gasteiger partial charge in [0.2, 0.25) is 0 Å². The monoisotopic (exact) mass is 382 g/mol. The lowest BCUT2D eigenvalue weighted by Crippen LogP contribution is -2.39. The Balaban J connectivity index is 1.94. The van der Waals surface area contributed by atoms with Crippen LogP contribution in [0.25, 0.3) is 11.0 Å². The van der Waals surface area contributed by atoms with Crippen LogP contribution in [0, 0.1) is 6.92 Å². The van der Waals surface area contributed by atoms with E-state index < -0.39 is 11.2 Å². The molecule has 0 aliphatic heterocycles. The molecule has 0 saturated carbocycles. The number of hydrogen-bond acceptors (Lipinski definition) is 5. The maximum absolute atomic E-state index is 12.8. The minimum Gasteiger partial charge on any atom is -0.496 e. The molecule has 8 nitrogen and oxygen atoms in total. The van der Waals surface area contributed by atoms with Gasteiger partial charge in [0.05, 0.1) is 18.1 Å². The smallest absolute Gasteiger partial charge is 0.332 e. The first-order chi connectivity index (χ1) is 13.3. The predicted octanol–water partition coefficient (Wildman–Crippen LogP) is 0.922. The molecule has 0 spiro atoms. The summed E-state index contributed by atoms with van der Waals surface area (Å²) in [6.45, 7) is 2.08. The highest BCUT2D eigenvalue weighted by molar-refractivity contribution is 6.05. The highest BCUT2D eigenvalue weighted by Crippen LogP contribution is 2.17. The number of carbonyl (C=O) groups excluding carboxylic acids is 1. The summed E-state index contributed by atoms with van der Waals surface area (Å²) in [6, 6.07) is 9.15. The van der Waals surface area contributed by atoms with E-state index in [1.807, 2.05) is 24.3 Å². The maximum Gasteiger partial charge on any atom is 0.332 e. The van der Waals surface area contributed by atoms with Crippen molar-refractivity contribution in [2.24, 2.45) is 14.1 Å². The largest absolute Gasteiger partial charge is 0.496 e. The highest BCUT2D eigenvalue weighted by atomic mass is 16.5. The molecular weight excluding hydrogens is 360 g/mol. The van der Waals surface area contributed by atoms with Crippen molar-refractivity contribution in [3.63, 3.8) is 0 Å². The summed E-state index contributed by atoms with van der Waals surface area (Å²) in [5.41, 5.74) is 0.894. The molecule has 0 fully saturated rings. The van der Waals surface area contributed by atoms with Gasteiger partial charge in [0.25, 0.3) is 11.5 Å². The van der Waals surface area contributed by atoms with Gasteiger partial charge in [-0.25, -0.2) is 9.78 Å². The van der Waals surface area contributed by atoms with Crippen LogP contribution in [0.5, 0.6) is 5.75 Å². The third kappa shape index (κ3) is 3.40. The van der Waals surface area contributed by atoms with Gasteiger partial charge in [-0.2, -0.15) is 0 Å². The Morgan fingerprint density at radius 1 is 1.18 bits per heavy atom. The number of hydrogen-bond donors (Lipinski definition) is 1. The van der Waals surface area contributed by atoms with Gasteiger partial charge in [-0.05, 0) is 31.0 Å². The minimum atomic E-state index is -0.541. The first kappa shape index (κ1) is 19.3. The van der Waals surface area contributed by atoms with E-state index >= 15 is 0 Å². The molecule has 0 atom stereocenters. The molecule has 0 saturated heterocycles. The molecule has 8 heteroatoms. The summed E-state index contributed by atoms with van der Waals surface area (Å²) < 4.78 is 7.57. The van der Waals surface area contributed by atoms with Crippen molar-refractivity contribution in [3.05, 3.63) is 68.0 Å². The number of rotatable bonds is 5. The molecule has 0 bridgehead atoms. The summed E-state index contributed by atoms with van der Waals surface area (Å²) in [5.74, 6) is 0.368. The van der Waals surface area contributed by atoms with Crippen LogP contribution in [0.4, 0.5) is 0 Å². The van der Waals surface area contributed by atoms with Gasteiger partial charge in [0, 0.05) is 26.3 Å². The molecule has 0 aliphatic carbocycles. The van der Waals surface area contributed by atoms with E-state index in [0.717, 1.165) is 15.9 Å². The second-order valence-corrected chi connectivity index (χ2v) is 6.53. The van der Waals surface area contributed by atoms with Gasteiger partial charge in [0.15, 0.2) is 0 Å². The summed E-state index contributed by atoms with van der Waals surface area (Å²) >= 11 is 0. The van der Waals surface area contributed by atoms with E-state index in [2.05, 4.69) is 10.3 Å². The van der Waals surface area contributed by atoms with E-state index in [4.69, 9.17) is 4.74 Å². The lowest BCUT2D eigenvalue weighted by Gasteiger charge is -2.12. The van der Waals surface area contributed by atoms with Crippen molar-refractivity contribution < 1.29 is 9.53 Å². The molecule has 3 rings (SSSR count). The fourth-order valence-electron chi connectivity index (χ4n) is 3.17. The van der Waals surface area contributed by atoms with Gasteiger partial charge >= 0.3 is 5.69 Å². The molecule has 3 aromatic rings. The zero-order chi connectivity index (χ0) is 20.4. The zero-order valence-corrected chi connectivity index (χ0v) is 16.3. The average molecular weight is 382 g/mol. The van der Waals surface area contributed by atoms with Gasteiger partial charge < -0.3 is 10.1 Å². The van der Waals surface area contributed by atoms with Crippen LogP contribution in [0.1, 0.15) is 21.6 Å². The normalized spacial score (nSPS) is 10.9. The summed E-state index contributed by atoms with van der Waals surface area (Å²) in [5, 5.41) is 2.97. The minimum absolute atomic E-state index is 0.130. The van der Waals surface area contributed by atoms with E-state index in [-0.39, 0.29) is 22.5 Å². The number of nitrogens with one attached hydrogen (secondary N) is 1. The Morgan fingerprint density at radius 3 is 2.61 bits per heavy atom. The fraction of sp³-hybridized carbons (Fsp3) is 0.300. The van der Waals surface area contributed by atoms with Gasteiger partial charge in [-0.1, -0.05) is 18.2 Å². The van der Waals surface area contributed by atoms with Gasteiger partial charge in [-0.15, -0.1) is 0 Å². The first-order valence-electron chi connectivity index (χ1n) is 8.82. The van der Waals surface area contributed by atoms with Crippen LogP contribution >= 0.6 is 0 Å². The third-order valence-electron chi connectivity index (χ3n) is 4.66. The zero-order valence-electron chi connectivity index (χ0n) is 16.3. The number of amides is 1. The summed E-state index contributed by atoms with van der Waals surface area (Å²) in [6.07, 6.45) is 0.578. The van der Waals surface area contributed by atoms with Crippen molar-refractivity contribution in [2.75, 3.05) is 13.7 Å². The van der Waals surface area contributed by atoms with E-state index in [1.165, 1.54) is 18.7 Å². The van der Waals surface area contributed by atoms with Gasteiger partial charge in [0.1, 0.15) is 11.4 Å². The lowest BCUT2D eigenvalue weighted by atomic mass is 10.1. The molecule has 0 aliphatic rings. The summed E-state index contributed by atoms with van der Waals surface area (Å²) in [7, 11) is 4.51. The SMILES string of the molecule is COc1ccccc1CCNC(=O)c1cc(C)nc2c1c(=O)n(C)c(=O)n2C. The number of para-hydroxylation sites is 1. The Labute approximate surface area is 161 Å². The topological polar surface area (TPSA) is 95.2 Å². The Morgan fingerprint density at radius 2 is 1.89 bits per heavy atom. The van der Waals surface area contributed by atoms with Gasteiger partial charge in [-0.3, -0.25) is 18.7 Å². The lowest BCUT2D eigenvalue weighted by molar-refractivity contribution is 0.0955. The number of methoxy groups -OCH3 is 1. The average Bonchev–Trinajstić information content (AvgIpc) is 2.70. The standard InChI is InChI=1S/C20H22N4O4/c1-12-11-14(16-17(22-12)23(2)20(27)24(3)19(16)26)18(25)21-10-9-13-7-5-6-8-15(13)28-4/h5-8,11H,9-10H2,1-4H3,(H,21,25). The van der Waals surface area contributed by atoms with Crippen LogP contribution in [0.15, 0.2) is 39.9 Å². The van der Waals surface area contributed by atoms with Crippen molar-refractivity contribution >= 4 is 16.9 Å². The van der Waals surface area contributed by atoms with Crippen molar-refractivity contribution in [1.82, 2.24) is 19.4 Å². The van der Waals surface area contributed by atoms with E-state index in [1.54, 1.807) is 20.1 Å². The molecule has 146 valence electrons. The number of aryl methyl sites for hydroxylation is 2. The first-order valence-corrected chi connectivity index (χ1v) is 8.82. The number of pyridine rings is 1. The predicted molar refractivity (Wildman–Crippen MR) is 106 cm³/mol. The maximum atomic E-state index is 12.8. The van der Waals surface area contributed by atoms with Crippen LogP contribution < -0.4 is 21.3 Å². The number of benzene rings is 1. The van der Waals surface area contributed by atoms with Crippen LogP contribution in [-0.4, -0.2) is 33.7 Å². The molecule has 1 aromatic carbocycles. The molecule has 28 heavy (non-hydrogen) atoms. The third-order valence-corrected chi connectivity index (χ3v) is 4.66. The van der Waals surface area contributed by atoms with E-state index in [9.17, 15) is 14.4 Å².